The fraction of sp³-hybridized carbons (Fsp3) is 0.533. The van der Waals surface area contributed by atoms with Crippen LogP contribution in [0, 0.1) is 6.92 Å². The van der Waals surface area contributed by atoms with Crippen LogP contribution in [0.15, 0.2) is 18.2 Å². The van der Waals surface area contributed by atoms with Crippen LogP contribution in [-0.4, -0.2) is 29.1 Å². The highest BCUT2D eigenvalue weighted by Gasteiger charge is 2.34. The first-order valence-corrected chi connectivity index (χ1v) is 6.98. The van der Waals surface area contributed by atoms with Gasteiger partial charge in [0, 0.05) is 18.1 Å². The number of amides is 1. The van der Waals surface area contributed by atoms with Crippen molar-refractivity contribution in [1.29, 1.82) is 0 Å². The predicted octanol–water partition coefficient (Wildman–Crippen LogP) is 2.14. The smallest absolute Gasteiger partial charge is 0.255 e. The molecule has 3 rings (SSSR count). The second-order valence-corrected chi connectivity index (χ2v) is 5.80. The van der Waals surface area contributed by atoms with Crippen LogP contribution in [0.3, 0.4) is 0 Å². The van der Waals surface area contributed by atoms with Crippen molar-refractivity contribution in [3.63, 3.8) is 0 Å². The number of phenolic OH excluding ortho intramolecular Hbond substituents is 1. The van der Waals surface area contributed by atoms with Crippen molar-refractivity contribution in [2.75, 3.05) is 0 Å². The lowest BCUT2D eigenvalue weighted by Crippen LogP contribution is -2.48. The van der Waals surface area contributed by atoms with E-state index < -0.39 is 0 Å². The van der Waals surface area contributed by atoms with Crippen LogP contribution in [0.25, 0.3) is 0 Å². The second-order valence-electron chi connectivity index (χ2n) is 5.80. The molecular formula is C15H21ClN2O2. The number of benzene rings is 1. The van der Waals surface area contributed by atoms with Gasteiger partial charge in [0.2, 0.25) is 0 Å². The fourth-order valence-corrected chi connectivity index (χ4v) is 3.27. The van der Waals surface area contributed by atoms with Crippen LogP contribution < -0.4 is 10.6 Å². The maximum atomic E-state index is 12.2. The highest BCUT2D eigenvalue weighted by molar-refractivity contribution is 5.97. The van der Waals surface area contributed by atoms with Crippen LogP contribution in [0.4, 0.5) is 0 Å². The van der Waals surface area contributed by atoms with E-state index >= 15 is 0 Å². The number of aryl methyl sites for hydroxylation is 1. The molecule has 2 atom stereocenters. The normalized spacial score (nSPS) is 27.8. The number of hydrogen-bond acceptors (Lipinski definition) is 3. The van der Waals surface area contributed by atoms with E-state index in [1.54, 1.807) is 18.2 Å². The van der Waals surface area contributed by atoms with Gasteiger partial charge in [-0.1, -0.05) is 11.6 Å². The summed E-state index contributed by atoms with van der Waals surface area (Å²) in [4.78, 5) is 12.2. The average molecular weight is 297 g/mol. The van der Waals surface area contributed by atoms with E-state index in [1.807, 2.05) is 6.92 Å². The van der Waals surface area contributed by atoms with Crippen LogP contribution in [0.1, 0.15) is 41.6 Å². The first-order chi connectivity index (χ1) is 9.11. The fourth-order valence-electron chi connectivity index (χ4n) is 3.27. The van der Waals surface area contributed by atoms with Crippen LogP contribution >= 0.6 is 12.4 Å². The molecule has 1 amide bonds. The number of rotatable bonds is 2. The molecule has 0 saturated carbocycles. The molecule has 2 heterocycles. The molecule has 1 aromatic rings. The Bertz CT molecular complexity index is 495. The van der Waals surface area contributed by atoms with Gasteiger partial charge in [-0.05, 0) is 44.7 Å². The molecule has 2 bridgehead atoms. The van der Waals surface area contributed by atoms with Crippen molar-refractivity contribution in [3.05, 3.63) is 29.3 Å². The molecule has 2 aliphatic heterocycles. The summed E-state index contributed by atoms with van der Waals surface area (Å²) < 4.78 is 0. The van der Waals surface area contributed by atoms with Crippen molar-refractivity contribution < 1.29 is 9.90 Å². The zero-order valence-electron chi connectivity index (χ0n) is 11.6. The van der Waals surface area contributed by atoms with E-state index in [4.69, 9.17) is 0 Å². The van der Waals surface area contributed by atoms with Crippen molar-refractivity contribution in [2.24, 2.45) is 0 Å². The number of hydrogen-bond donors (Lipinski definition) is 3. The van der Waals surface area contributed by atoms with Crippen molar-refractivity contribution in [3.8, 4) is 5.75 Å². The minimum absolute atomic E-state index is 0. The van der Waals surface area contributed by atoms with Crippen molar-refractivity contribution >= 4 is 18.3 Å². The van der Waals surface area contributed by atoms with Gasteiger partial charge >= 0.3 is 0 Å². The average Bonchev–Trinajstić information content (AvgIpc) is 2.71. The molecule has 2 saturated heterocycles. The van der Waals surface area contributed by atoms with Crippen LogP contribution in [0.5, 0.6) is 5.75 Å². The lowest BCUT2D eigenvalue weighted by atomic mass is 9.99. The van der Waals surface area contributed by atoms with E-state index in [1.165, 1.54) is 12.8 Å². The maximum Gasteiger partial charge on any atom is 0.255 e. The summed E-state index contributed by atoms with van der Waals surface area (Å²) in [5.41, 5.74) is 1.36. The van der Waals surface area contributed by atoms with Crippen LogP contribution in [-0.2, 0) is 0 Å². The minimum atomic E-state index is -0.160. The van der Waals surface area contributed by atoms with E-state index in [0.717, 1.165) is 18.4 Å². The van der Waals surface area contributed by atoms with Gasteiger partial charge in [0.05, 0.1) is 5.56 Å². The molecule has 0 spiro atoms. The van der Waals surface area contributed by atoms with Gasteiger partial charge in [-0.15, -0.1) is 12.4 Å². The van der Waals surface area contributed by atoms with Gasteiger partial charge in [-0.3, -0.25) is 4.79 Å². The summed E-state index contributed by atoms with van der Waals surface area (Å²) in [7, 11) is 0. The molecule has 0 aliphatic carbocycles. The number of nitrogens with one attached hydrogen (secondary N) is 2. The number of fused-ring (bicyclic) bond motifs is 2. The van der Waals surface area contributed by atoms with E-state index in [9.17, 15) is 9.90 Å². The predicted molar refractivity (Wildman–Crippen MR) is 80.5 cm³/mol. The summed E-state index contributed by atoms with van der Waals surface area (Å²) in [6.07, 6.45) is 4.42. The number of carbonyl (C=O) groups excluding carboxylic acids is 1. The lowest BCUT2D eigenvalue weighted by molar-refractivity contribution is 0.0921. The third-order valence-electron chi connectivity index (χ3n) is 4.20. The van der Waals surface area contributed by atoms with Gasteiger partial charge in [0.15, 0.2) is 0 Å². The SMILES string of the molecule is Cc1ccc(O)c(C(=O)NC2CC3CCC(C2)N3)c1.Cl. The number of halogens is 1. The Hall–Kier alpha value is -1.26. The summed E-state index contributed by atoms with van der Waals surface area (Å²) in [5.74, 6) is -0.104. The molecule has 2 unspecified atom stereocenters. The topological polar surface area (TPSA) is 61.4 Å². The molecule has 3 N–H and O–H groups in total. The Morgan fingerprint density at radius 3 is 2.60 bits per heavy atom. The quantitative estimate of drug-likeness (QED) is 0.783. The van der Waals surface area contributed by atoms with Crippen molar-refractivity contribution in [2.45, 2.75) is 50.7 Å². The molecule has 110 valence electrons. The van der Waals surface area contributed by atoms with Gasteiger partial charge in [-0.25, -0.2) is 0 Å². The number of piperidine rings is 1. The van der Waals surface area contributed by atoms with E-state index in [2.05, 4.69) is 10.6 Å². The monoisotopic (exact) mass is 296 g/mol. The zero-order valence-corrected chi connectivity index (χ0v) is 12.4. The number of carbonyl (C=O) groups is 1. The maximum absolute atomic E-state index is 12.2. The minimum Gasteiger partial charge on any atom is -0.507 e. The highest BCUT2D eigenvalue weighted by atomic mass is 35.5. The van der Waals surface area contributed by atoms with Gasteiger partial charge in [0.25, 0.3) is 5.91 Å². The molecule has 1 aromatic carbocycles. The Balaban J connectivity index is 0.00000147. The second kappa shape index (κ2) is 6.02. The van der Waals surface area contributed by atoms with Gasteiger partial charge in [-0.2, -0.15) is 0 Å². The standard InChI is InChI=1S/C15H20N2O2.ClH/c1-9-2-5-14(18)13(6-9)15(19)17-12-7-10-3-4-11(8-12)16-10;/h2,5-6,10-12,16,18H,3-4,7-8H2,1H3,(H,17,19);1H. The largest absolute Gasteiger partial charge is 0.507 e. The molecule has 2 aliphatic rings. The third kappa shape index (κ3) is 3.07. The summed E-state index contributed by atoms with van der Waals surface area (Å²) in [5, 5.41) is 16.4. The third-order valence-corrected chi connectivity index (χ3v) is 4.20. The first kappa shape index (κ1) is 15.1. The molecule has 5 heteroatoms. The molecule has 0 radical (unpaired) electrons. The molecule has 2 fully saturated rings. The van der Waals surface area contributed by atoms with E-state index in [-0.39, 0.29) is 30.1 Å². The first-order valence-electron chi connectivity index (χ1n) is 6.98. The van der Waals surface area contributed by atoms with Gasteiger partial charge in [0.1, 0.15) is 5.75 Å². The van der Waals surface area contributed by atoms with Gasteiger partial charge < -0.3 is 15.7 Å². The van der Waals surface area contributed by atoms with E-state index in [0.29, 0.717) is 17.6 Å². The summed E-state index contributed by atoms with van der Waals surface area (Å²) in [6.45, 7) is 1.92. The lowest BCUT2D eigenvalue weighted by Gasteiger charge is -2.29. The Morgan fingerprint density at radius 2 is 1.95 bits per heavy atom. The summed E-state index contributed by atoms with van der Waals surface area (Å²) in [6, 6.07) is 6.45. The zero-order chi connectivity index (χ0) is 13.4. The Morgan fingerprint density at radius 1 is 1.30 bits per heavy atom. The van der Waals surface area contributed by atoms with Crippen LogP contribution in [0.2, 0.25) is 0 Å². The molecule has 4 nitrogen and oxygen atoms in total. The highest BCUT2D eigenvalue weighted by Crippen LogP contribution is 2.27. The Kier molecular flexibility index (Phi) is 4.55. The molecule has 0 aromatic heterocycles. The van der Waals surface area contributed by atoms with Crippen molar-refractivity contribution in [1.82, 2.24) is 10.6 Å². The number of phenols is 1. The molecule has 20 heavy (non-hydrogen) atoms. The molecular weight excluding hydrogens is 276 g/mol. The Labute approximate surface area is 125 Å². The number of aromatic hydroxyl groups is 1. The summed E-state index contributed by atoms with van der Waals surface area (Å²) >= 11 is 0.